The summed E-state index contributed by atoms with van der Waals surface area (Å²) in [5.41, 5.74) is 1.56. The molecule has 0 aliphatic carbocycles. The lowest BCUT2D eigenvalue weighted by molar-refractivity contribution is 0.262. The SMILES string of the molecule is COc1cc(Oc2ccnc3cc(OC)c(OC)cc23)ccc1NC(=O)Nc1ccc(F)cc1. The number of benzene rings is 3. The second-order valence-electron chi connectivity index (χ2n) is 7.08. The number of carbonyl (C=O) groups is 1. The Kier molecular flexibility index (Phi) is 6.63. The van der Waals surface area contributed by atoms with Gasteiger partial charge in [0.1, 0.15) is 23.1 Å². The Balaban J connectivity index is 1.55. The molecule has 1 heterocycles. The van der Waals surface area contributed by atoms with E-state index in [1.54, 1.807) is 56.8 Å². The standard InChI is InChI=1S/C25H22FN3O5/c1-31-22-12-17(8-9-19(22)29-25(30)28-16-6-4-15(26)5-7-16)34-21-10-11-27-20-14-24(33-3)23(32-2)13-18(20)21/h4-14H,1-3H3,(H2,28,29,30). The van der Waals surface area contributed by atoms with E-state index < -0.39 is 6.03 Å². The second kappa shape index (κ2) is 9.95. The lowest BCUT2D eigenvalue weighted by atomic mass is 10.2. The molecule has 0 fully saturated rings. The molecule has 4 aromatic rings. The minimum atomic E-state index is -0.500. The van der Waals surface area contributed by atoms with Gasteiger partial charge in [-0.1, -0.05) is 0 Å². The molecule has 0 saturated heterocycles. The molecule has 174 valence electrons. The summed E-state index contributed by atoms with van der Waals surface area (Å²) in [6.07, 6.45) is 1.64. The number of amides is 2. The molecule has 4 rings (SSSR count). The van der Waals surface area contributed by atoms with Gasteiger partial charge in [0.2, 0.25) is 0 Å². The Morgan fingerprint density at radius 3 is 2.21 bits per heavy atom. The first-order valence-electron chi connectivity index (χ1n) is 10.2. The second-order valence-corrected chi connectivity index (χ2v) is 7.08. The van der Waals surface area contributed by atoms with Gasteiger partial charge in [-0.3, -0.25) is 4.98 Å². The highest BCUT2D eigenvalue weighted by Gasteiger charge is 2.13. The summed E-state index contributed by atoms with van der Waals surface area (Å²) in [5.74, 6) is 2.17. The number of pyridine rings is 1. The van der Waals surface area contributed by atoms with Gasteiger partial charge < -0.3 is 29.6 Å². The van der Waals surface area contributed by atoms with Crippen molar-refractivity contribution in [1.82, 2.24) is 4.98 Å². The average Bonchev–Trinajstić information content (AvgIpc) is 2.85. The number of aromatic nitrogens is 1. The van der Waals surface area contributed by atoms with E-state index in [0.29, 0.717) is 45.6 Å². The third kappa shape index (κ3) is 4.93. The van der Waals surface area contributed by atoms with Crippen molar-refractivity contribution in [3.05, 3.63) is 72.7 Å². The fraction of sp³-hybridized carbons (Fsp3) is 0.120. The highest BCUT2D eigenvalue weighted by molar-refractivity contribution is 6.00. The smallest absolute Gasteiger partial charge is 0.323 e. The normalized spacial score (nSPS) is 10.5. The van der Waals surface area contributed by atoms with E-state index >= 15 is 0 Å². The molecule has 0 unspecified atom stereocenters. The molecule has 1 aromatic heterocycles. The first kappa shape index (κ1) is 22.7. The van der Waals surface area contributed by atoms with Crippen molar-refractivity contribution in [2.24, 2.45) is 0 Å². The lowest BCUT2D eigenvalue weighted by Gasteiger charge is -2.15. The number of fused-ring (bicyclic) bond motifs is 1. The van der Waals surface area contributed by atoms with Gasteiger partial charge in [-0.15, -0.1) is 0 Å². The molecule has 3 aromatic carbocycles. The van der Waals surface area contributed by atoms with Crippen molar-refractivity contribution in [3.8, 4) is 28.7 Å². The lowest BCUT2D eigenvalue weighted by Crippen LogP contribution is -2.19. The zero-order valence-electron chi connectivity index (χ0n) is 18.7. The van der Waals surface area contributed by atoms with Crippen LogP contribution < -0.4 is 29.6 Å². The molecule has 2 N–H and O–H groups in total. The fourth-order valence-electron chi connectivity index (χ4n) is 3.32. The van der Waals surface area contributed by atoms with Crippen LogP contribution in [0.2, 0.25) is 0 Å². The van der Waals surface area contributed by atoms with Crippen LogP contribution in [0.3, 0.4) is 0 Å². The van der Waals surface area contributed by atoms with Gasteiger partial charge in [-0.25, -0.2) is 9.18 Å². The number of nitrogens with one attached hydrogen (secondary N) is 2. The maximum Gasteiger partial charge on any atom is 0.323 e. The molecular weight excluding hydrogens is 441 g/mol. The van der Waals surface area contributed by atoms with E-state index in [0.717, 1.165) is 5.39 Å². The van der Waals surface area contributed by atoms with Crippen LogP contribution in [-0.2, 0) is 0 Å². The number of ether oxygens (including phenoxy) is 4. The van der Waals surface area contributed by atoms with Gasteiger partial charge >= 0.3 is 6.03 Å². The number of halogens is 1. The Labute approximate surface area is 195 Å². The maximum atomic E-state index is 13.0. The number of rotatable bonds is 7. The van der Waals surface area contributed by atoms with Crippen LogP contribution in [0.5, 0.6) is 28.7 Å². The number of hydrogen-bond donors (Lipinski definition) is 2. The van der Waals surface area contributed by atoms with Crippen LogP contribution in [0.1, 0.15) is 0 Å². The first-order valence-corrected chi connectivity index (χ1v) is 10.2. The van der Waals surface area contributed by atoms with Crippen molar-refractivity contribution in [3.63, 3.8) is 0 Å². The van der Waals surface area contributed by atoms with Crippen LogP contribution in [0, 0.1) is 5.82 Å². The van der Waals surface area contributed by atoms with Crippen LogP contribution in [0.25, 0.3) is 10.9 Å². The molecule has 0 bridgehead atoms. The summed E-state index contributed by atoms with van der Waals surface area (Å²) in [7, 11) is 4.61. The van der Waals surface area contributed by atoms with E-state index in [1.165, 1.54) is 31.4 Å². The summed E-state index contributed by atoms with van der Waals surface area (Å²) in [4.78, 5) is 16.7. The highest BCUT2D eigenvalue weighted by atomic mass is 19.1. The summed E-state index contributed by atoms with van der Waals surface area (Å²) in [6, 6.07) is 15.3. The van der Waals surface area contributed by atoms with Crippen molar-refractivity contribution in [2.45, 2.75) is 0 Å². The molecule has 2 amide bonds. The van der Waals surface area contributed by atoms with Crippen molar-refractivity contribution >= 4 is 28.3 Å². The zero-order valence-corrected chi connectivity index (χ0v) is 18.7. The van der Waals surface area contributed by atoms with Crippen LogP contribution in [-0.4, -0.2) is 32.3 Å². The van der Waals surface area contributed by atoms with Crippen molar-refractivity contribution < 1.29 is 28.1 Å². The average molecular weight is 463 g/mol. The first-order chi connectivity index (χ1) is 16.5. The van der Waals surface area contributed by atoms with Crippen LogP contribution in [0.15, 0.2) is 66.9 Å². The molecule has 0 spiro atoms. The third-order valence-corrected chi connectivity index (χ3v) is 4.96. The third-order valence-electron chi connectivity index (χ3n) is 4.96. The van der Waals surface area contributed by atoms with Gasteiger partial charge in [-0.2, -0.15) is 0 Å². The molecule has 8 nitrogen and oxygen atoms in total. The minimum absolute atomic E-state index is 0.386. The predicted molar refractivity (Wildman–Crippen MR) is 127 cm³/mol. The minimum Gasteiger partial charge on any atom is -0.494 e. The van der Waals surface area contributed by atoms with Gasteiger partial charge in [0.25, 0.3) is 0 Å². The van der Waals surface area contributed by atoms with Crippen LogP contribution in [0.4, 0.5) is 20.6 Å². The summed E-state index contributed by atoms with van der Waals surface area (Å²) in [5, 5.41) is 6.08. The maximum absolute atomic E-state index is 13.0. The Hall–Kier alpha value is -4.53. The number of anilines is 2. The van der Waals surface area contributed by atoms with Crippen molar-refractivity contribution in [1.29, 1.82) is 0 Å². The Morgan fingerprint density at radius 2 is 1.50 bits per heavy atom. The topological polar surface area (TPSA) is 90.9 Å². The highest BCUT2D eigenvalue weighted by Crippen LogP contribution is 2.38. The van der Waals surface area contributed by atoms with Gasteiger partial charge in [0.05, 0.1) is 32.5 Å². The molecule has 0 atom stereocenters. The number of carbonyl (C=O) groups excluding carboxylic acids is 1. The van der Waals surface area contributed by atoms with E-state index in [4.69, 9.17) is 18.9 Å². The van der Waals surface area contributed by atoms with Gasteiger partial charge in [0.15, 0.2) is 11.5 Å². The molecule has 0 radical (unpaired) electrons. The van der Waals surface area contributed by atoms with Crippen LogP contribution >= 0.6 is 0 Å². The quantitative estimate of drug-likeness (QED) is 0.358. The van der Waals surface area contributed by atoms with E-state index in [-0.39, 0.29) is 5.82 Å². The largest absolute Gasteiger partial charge is 0.494 e. The van der Waals surface area contributed by atoms with E-state index in [2.05, 4.69) is 15.6 Å². The predicted octanol–water partition coefficient (Wildman–Crippen LogP) is 5.84. The number of urea groups is 1. The van der Waals surface area contributed by atoms with E-state index in [1.807, 2.05) is 0 Å². The fourth-order valence-corrected chi connectivity index (χ4v) is 3.32. The monoisotopic (exact) mass is 463 g/mol. The van der Waals surface area contributed by atoms with Gasteiger partial charge in [-0.05, 0) is 48.5 Å². The molecular formula is C25H22FN3O5. The Morgan fingerprint density at radius 1 is 0.794 bits per heavy atom. The number of methoxy groups -OCH3 is 3. The van der Waals surface area contributed by atoms with Gasteiger partial charge in [0, 0.05) is 29.4 Å². The molecule has 34 heavy (non-hydrogen) atoms. The molecule has 0 aliphatic heterocycles. The molecule has 9 heteroatoms. The molecule has 0 saturated carbocycles. The number of hydrogen-bond acceptors (Lipinski definition) is 6. The Bertz CT molecular complexity index is 1330. The summed E-state index contributed by atoms with van der Waals surface area (Å²) in [6.45, 7) is 0. The van der Waals surface area contributed by atoms with Crippen molar-refractivity contribution in [2.75, 3.05) is 32.0 Å². The summed E-state index contributed by atoms with van der Waals surface area (Å²) >= 11 is 0. The zero-order chi connectivity index (χ0) is 24.1. The number of nitrogens with zero attached hydrogens (tertiary/aromatic N) is 1. The summed E-state index contributed by atoms with van der Waals surface area (Å²) < 4.78 is 35.3. The molecule has 0 aliphatic rings. The van der Waals surface area contributed by atoms with E-state index in [9.17, 15) is 9.18 Å².